The number of hydrogen-bond acceptors (Lipinski definition) is 3. The first kappa shape index (κ1) is 16.8. The maximum absolute atomic E-state index is 11.2. The van der Waals surface area contributed by atoms with Crippen LogP contribution in [0.1, 0.15) is 13.8 Å². The minimum atomic E-state index is -3.51. The summed E-state index contributed by atoms with van der Waals surface area (Å²) in [5.41, 5.74) is 0. The summed E-state index contributed by atoms with van der Waals surface area (Å²) in [6, 6.07) is 5.27. The van der Waals surface area contributed by atoms with Crippen LogP contribution in [0.5, 0.6) is 5.75 Å². The van der Waals surface area contributed by atoms with Crippen LogP contribution in [0, 0.1) is 11.8 Å². The first-order chi connectivity index (χ1) is 8.69. The molecular formula is C12H17BrClNO3S. The number of halogens is 2. The van der Waals surface area contributed by atoms with Crippen LogP contribution in [0.25, 0.3) is 0 Å². The van der Waals surface area contributed by atoms with E-state index in [1.54, 1.807) is 18.2 Å². The van der Waals surface area contributed by atoms with Gasteiger partial charge in [0.25, 0.3) is 0 Å². The maximum atomic E-state index is 11.2. The average Bonchev–Trinajstić information content (AvgIpc) is 2.26. The molecule has 0 aromatic heterocycles. The molecule has 0 aliphatic heterocycles. The van der Waals surface area contributed by atoms with Crippen molar-refractivity contribution in [2.24, 2.45) is 17.0 Å². The van der Waals surface area contributed by atoms with Gasteiger partial charge in [-0.2, -0.15) is 0 Å². The maximum Gasteiger partial charge on any atom is 0.209 e. The second kappa shape index (κ2) is 6.92. The number of sulfonamides is 1. The molecule has 1 aromatic rings. The van der Waals surface area contributed by atoms with Crippen molar-refractivity contribution in [2.75, 3.05) is 12.4 Å². The van der Waals surface area contributed by atoms with Gasteiger partial charge in [0.1, 0.15) is 5.75 Å². The topological polar surface area (TPSA) is 69.4 Å². The Hall–Kier alpha value is -0.300. The summed E-state index contributed by atoms with van der Waals surface area (Å²) in [7, 11) is -3.51. The van der Waals surface area contributed by atoms with Gasteiger partial charge in [-0.3, -0.25) is 0 Å². The summed E-state index contributed by atoms with van der Waals surface area (Å²) in [6.07, 6.45) is 0. The molecule has 0 heterocycles. The number of rotatable bonds is 6. The summed E-state index contributed by atoms with van der Waals surface area (Å²) in [5, 5.41) is 5.57. The molecular weight excluding hydrogens is 354 g/mol. The van der Waals surface area contributed by atoms with Crippen LogP contribution in [0.4, 0.5) is 0 Å². The normalized spacial score (nSPS) is 13.6. The molecule has 1 rings (SSSR count). The standard InChI is InChI=1S/C12H17BrClNO3S/c1-8(2)9(7-19(15,16)17)6-18-12-5-10(13)3-4-11(12)14/h3-5,8-9H,6-7H2,1-2H3,(H2,15,16,17). The predicted molar refractivity (Wildman–Crippen MR) is 80.9 cm³/mol. The van der Waals surface area contributed by atoms with Gasteiger partial charge in [-0.05, 0) is 24.1 Å². The second-order valence-electron chi connectivity index (χ2n) is 4.72. The fourth-order valence-electron chi connectivity index (χ4n) is 1.52. The van der Waals surface area contributed by atoms with Crippen LogP contribution < -0.4 is 9.88 Å². The Morgan fingerprint density at radius 2 is 2.05 bits per heavy atom. The molecule has 0 spiro atoms. The number of primary sulfonamides is 1. The smallest absolute Gasteiger partial charge is 0.209 e. The van der Waals surface area contributed by atoms with E-state index in [2.05, 4.69) is 15.9 Å². The average molecular weight is 371 g/mol. The molecule has 0 radical (unpaired) electrons. The van der Waals surface area contributed by atoms with Crippen molar-refractivity contribution < 1.29 is 13.2 Å². The van der Waals surface area contributed by atoms with Crippen LogP contribution in [0.15, 0.2) is 22.7 Å². The molecule has 7 heteroatoms. The van der Waals surface area contributed by atoms with Crippen LogP contribution in [-0.2, 0) is 10.0 Å². The Morgan fingerprint density at radius 3 is 2.58 bits per heavy atom. The van der Waals surface area contributed by atoms with Gasteiger partial charge in [-0.25, -0.2) is 13.6 Å². The number of benzene rings is 1. The van der Waals surface area contributed by atoms with Gasteiger partial charge >= 0.3 is 0 Å². The third-order valence-corrected chi connectivity index (χ3v) is 4.43. The molecule has 4 nitrogen and oxygen atoms in total. The van der Waals surface area contributed by atoms with Gasteiger partial charge in [-0.1, -0.05) is 41.4 Å². The summed E-state index contributed by atoms with van der Waals surface area (Å²) in [4.78, 5) is 0. The van der Waals surface area contributed by atoms with Gasteiger partial charge in [0.2, 0.25) is 10.0 Å². The molecule has 0 bridgehead atoms. The number of ether oxygens (including phenoxy) is 1. The summed E-state index contributed by atoms with van der Waals surface area (Å²) in [6.45, 7) is 4.12. The third-order valence-electron chi connectivity index (χ3n) is 2.74. The predicted octanol–water partition coefficient (Wildman–Crippen LogP) is 3.04. The van der Waals surface area contributed by atoms with Crippen molar-refractivity contribution in [1.29, 1.82) is 0 Å². The lowest BCUT2D eigenvalue weighted by Gasteiger charge is -2.20. The Kier molecular flexibility index (Phi) is 6.11. The van der Waals surface area contributed by atoms with Gasteiger partial charge in [0.15, 0.2) is 0 Å². The van der Waals surface area contributed by atoms with E-state index in [0.717, 1.165) is 4.47 Å². The van der Waals surface area contributed by atoms with Crippen LogP contribution in [-0.4, -0.2) is 20.8 Å². The zero-order valence-electron chi connectivity index (χ0n) is 10.8. The molecule has 1 unspecified atom stereocenters. The zero-order chi connectivity index (χ0) is 14.6. The SMILES string of the molecule is CC(C)C(COc1cc(Br)ccc1Cl)CS(N)(=O)=O. The van der Waals surface area contributed by atoms with E-state index in [9.17, 15) is 8.42 Å². The molecule has 0 fully saturated rings. The monoisotopic (exact) mass is 369 g/mol. The zero-order valence-corrected chi connectivity index (χ0v) is 13.9. The molecule has 2 N–H and O–H groups in total. The van der Waals surface area contributed by atoms with Crippen molar-refractivity contribution in [3.8, 4) is 5.75 Å². The van der Waals surface area contributed by atoms with Crippen molar-refractivity contribution in [3.05, 3.63) is 27.7 Å². The lowest BCUT2D eigenvalue weighted by atomic mass is 9.99. The van der Waals surface area contributed by atoms with Crippen LogP contribution in [0.3, 0.4) is 0 Å². The van der Waals surface area contributed by atoms with Crippen molar-refractivity contribution in [2.45, 2.75) is 13.8 Å². The molecule has 108 valence electrons. The van der Waals surface area contributed by atoms with Crippen LogP contribution >= 0.6 is 27.5 Å². The van der Waals surface area contributed by atoms with Gasteiger partial charge < -0.3 is 4.74 Å². The first-order valence-corrected chi connectivity index (χ1v) is 8.66. The largest absolute Gasteiger partial charge is 0.492 e. The van der Waals surface area contributed by atoms with E-state index >= 15 is 0 Å². The summed E-state index contributed by atoms with van der Waals surface area (Å²) in [5.74, 6) is 0.390. The molecule has 0 saturated carbocycles. The fraction of sp³-hybridized carbons (Fsp3) is 0.500. The third kappa shape index (κ3) is 6.12. The highest BCUT2D eigenvalue weighted by Crippen LogP contribution is 2.28. The van der Waals surface area contributed by atoms with Gasteiger partial charge in [-0.15, -0.1) is 0 Å². The lowest BCUT2D eigenvalue weighted by Crippen LogP contribution is -2.30. The van der Waals surface area contributed by atoms with E-state index < -0.39 is 10.0 Å². The highest BCUT2D eigenvalue weighted by molar-refractivity contribution is 9.10. The van der Waals surface area contributed by atoms with Crippen molar-refractivity contribution in [1.82, 2.24) is 0 Å². The minimum absolute atomic E-state index is 0.101. The Balaban J connectivity index is 2.74. The Bertz CT molecular complexity index is 534. The van der Waals surface area contributed by atoms with Gasteiger partial charge in [0, 0.05) is 10.4 Å². The highest BCUT2D eigenvalue weighted by atomic mass is 79.9. The number of nitrogens with two attached hydrogens (primary N) is 1. The molecule has 0 amide bonds. The van der Waals surface area contributed by atoms with Crippen molar-refractivity contribution >= 4 is 37.6 Å². The summed E-state index contributed by atoms with van der Waals surface area (Å²) >= 11 is 9.33. The fourth-order valence-corrected chi connectivity index (χ4v) is 3.11. The number of hydrogen-bond donors (Lipinski definition) is 1. The quantitative estimate of drug-likeness (QED) is 0.836. The highest BCUT2D eigenvalue weighted by Gasteiger charge is 2.20. The first-order valence-electron chi connectivity index (χ1n) is 5.77. The molecule has 1 aromatic carbocycles. The van der Waals surface area contributed by atoms with E-state index in [1.165, 1.54) is 0 Å². The molecule has 0 aliphatic rings. The molecule has 0 saturated heterocycles. The van der Waals surface area contributed by atoms with E-state index in [4.69, 9.17) is 21.5 Å². The van der Waals surface area contributed by atoms with Gasteiger partial charge in [0.05, 0.1) is 17.4 Å². The Morgan fingerprint density at radius 1 is 1.42 bits per heavy atom. The van der Waals surface area contributed by atoms with Crippen molar-refractivity contribution in [3.63, 3.8) is 0 Å². The van der Waals surface area contributed by atoms with E-state index in [1.807, 2.05) is 13.8 Å². The van der Waals surface area contributed by atoms with E-state index in [-0.39, 0.29) is 24.2 Å². The Labute approximate surface area is 127 Å². The minimum Gasteiger partial charge on any atom is -0.492 e. The molecule has 0 aliphatic carbocycles. The van der Waals surface area contributed by atoms with Crippen LogP contribution in [0.2, 0.25) is 5.02 Å². The molecule has 19 heavy (non-hydrogen) atoms. The molecule has 1 atom stereocenters. The van der Waals surface area contributed by atoms with E-state index in [0.29, 0.717) is 10.8 Å². The summed E-state index contributed by atoms with van der Waals surface area (Å²) < 4.78 is 28.8. The second-order valence-corrected chi connectivity index (χ2v) is 7.70. The lowest BCUT2D eigenvalue weighted by molar-refractivity contribution is 0.225.